The molecule has 2 aromatic rings. The van der Waals surface area contributed by atoms with Crippen LogP contribution in [-0.2, 0) is 27.2 Å². The Morgan fingerprint density at radius 1 is 0.857 bits per heavy atom. The molecule has 0 aromatic heterocycles. The summed E-state index contributed by atoms with van der Waals surface area (Å²) in [6.45, 7) is 2.27. The van der Waals surface area contributed by atoms with Gasteiger partial charge in [0.2, 0.25) is 0 Å². The van der Waals surface area contributed by atoms with Crippen molar-refractivity contribution in [2.45, 2.75) is 38.3 Å². The number of aromatic hydroxyl groups is 4. The summed E-state index contributed by atoms with van der Waals surface area (Å²) < 4.78 is 5.05. The number of quaternary nitrogens is 2. The summed E-state index contributed by atoms with van der Waals surface area (Å²) in [5.41, 5.74) is 11.1. The van der Waals surface area contributed by atoms with Crippen molar-refractivity contribution in [1.82, 2.24) is 21.9 Å². The van der Waals surface area contributed by atoms with Gasteiger partial charge in [-0.15, -0.1) is 11.1 Å². The molecule has 0 aliphatic rings. The number of rotatable bonds is 12. The minimum Gasteiger partial charge on any atom is -0.548 e. The van der Waals surface area contributed by atoms with Crippen LogP contribution in [0.25, 0.3) is 0 Å². The van der Waals surface area contributed by atoms with Crippen molar-refractivity contribution < 1.29 is 51.5 Å². The highest BCUT2D eigenvalue weighted by Crippen LogP contribution is 2.26. The fourth-order valence-corrected chi connectivity index (χ4v) is 2.80. The van der Waals surface area contributed by atoms with Crippen LogP contribution in [0.2, 0.25) is 0 Å². The Balaban J connectivity index is 0.000000355. The molecule has 0 spiro atoms. The number of phenols is 4. The Kier molecular flexibility index (Phi) is 12.8. The van der Waals surface area contributed by atoms with Gasteiger partial charge in [-0.3, -0.25) is 16.5 Å². The second-order valence-corrected chi connectivity index (χ2v) is 7.29. The maximum atomic E-state index is 11.8. The molecule has 0 saturated carbocycles. The van der Waals surface area contributed by atoms with Crippen LogP contribution in [0.1, 0.15) is 24.5 Å². The number of aliphatic carboxylic acids is 1. The number of nitrogens with one attached hydrogen (secondary N) is 4. The zero-order valence-corrected chi connectivity index (χ0v) is 19.3. The lowest BCUT2D eigenvalue weighted by Gasteiger charge is -2.17. The number of ether oxygens (including phenoxy) is 1. The molecule has 0 radical (unpaired) electrons. The maximum absolute atomic E-state index is 11.8. The first-order valence-electron chi connectivity index (χ1n) is 10.6. The largest absolute Gasteiger partial charge is 0.548 e. The van der Waals surface area contributed by atoms with E-state index in [-0.39, 0.29) is 29.4 Å². The van der Waals surface area contributed by atoms with Crippen LogP contribution in [0.4, 0.5) is 0 Å². The number of carbonyl (C=O) groups excluding carboxylic acids is 2. The Morgan fingerprint density at radius 2 is 1.31 bits per heavy atom. The van der Waals surface area contributed by atoms with E-state index < -0.39 is 24.0 Å². The number of carboxylic acid groups (broad SMARTS) is 1. The average Bonchev–Trinajstić information content (AvgIpc) is 2.82. The number of carbonyl (C=O) groups is 2. The third-order valence-electron chi connectivity index (χ3n) is 4.53. The lowest BCUT2D eigenvalue weighted by molar-refractivity contribution is -0.459. The number of carboxylic acids is 1. The standard InChI is InChI=1S/C12H19N3O4.C9H13N3O4/c1-2-5-19-12(18)9(14-15-13)6-8-3-4-10(16)11(17)7-8;10-12-11-6(9(15)16)3-5-1-2-7(13)8(14)4-5/h3-4,7,9,14-17H,2,5-6,13H2,1H3;1-2,4,6,11-14H,3,10H2,(H,15,16)/p+1. The van der Waals surface area contributed by atoms with Crippen LogP contribution in [0.5, 0.6) is 23.0 Å². The molecule has 2 unspecified atom stereocenters. The highest BCUT2D eigenvalue weighted by atomic mass is 16.5. The van der Waals surface area contributed by atoms with Crippen LogP contribution in [0.15, 0.2) is 36.4 Å². The summed E-state index contributed by atoms with van der Waals surface area (Å²) in [5.74, 6) is 3.99. The summed E-state index contributed by atoms with van der Waals surface area (Å²) in [7, 11) is 0. The van der Waals surface area contributed by atoms with Gasteiger partial charge in [0, 0.05) is 6.42 Å². The second kappa shape index (κ2) is 15.3. The van der Waals surface area contributed by atoms with E-state index in [1.165, 1.54) is 30.3 Å². The number of benzene rings is 2. The summed E-state index contributed by atoms with van der Waals surface area (Å²) in [5, 5.41) is 47.6. The summed E-state index contributed by atoms with van der Waals surface area (Å²) in [6.07, 6.45) is 1.15. The Morgan fingerprint density at radius 3 is 1.71 bits per heavy atom. The average molecular weight is 498 g/mol. The van der Waals surface area contributed by atoms with Crippen molar-refractivity contribution in [1.29, 1.82) is 0 Å². The summed E-state index contributed by atoms with van der Waals surface area (Å²) >= 11 is 0. The van der Waals surface area contributed by atoms with Crippen molar-refractivity contribution in [3.8, 4) is 23.0 Å². The first-order chi connectivity index (χ1) is 16.6. The van der Waals surface area contributed by atoms with E-state index in [1.807, 2.05) is 6.92 Å². The molecule has 14 N–H and O–H groups in total. The molecule has 0 aliphatic carbocycles. The fourth-order valence-electron chi connectivity index (χ4n) is 2.80. The van der Waals surface area contributed by atoms with Crippen LogP contribution in [-0.4, -0.2) is 51.1 Å². The molecular weight excluding hydrogens is 464 g/mol. The van der Waals surface area contributed by atoms with Crippen molar-refractivity contribution in [3.63, 3.8) is 0 Å². The number of phenolic OH excluding ortho intramolecular Hbond substituents is 4. The molecule has 14 nitrogen and oxygen atoms in total. The molecular formula is C21H33N6O8+. The van der Waals surface area contributed by atoms with Crippen molar-refractivity contribution >= 4 is 11.9 Å². The minimum absolute atomic E-state index is 0.0959. The topological polar surface area (TPSA) is 251 Å². The van der Waals surface area contributed by atoms with E-state index in [0.717, 1.165) is 6.42 Å². The van der Waals surface area contributed by atoms with Crippen LogP contribution >= 0.6 is 0 Å². The van der Waals surface area contributed by atoms with Gasteiger partial charge in [-0.2, -0.15) is 5.43 Å². The molecule has 0 saturated heterocycles. The predicted octanol–water partition coefficient (Wildman–Crippen LogP) is -3.78. The zero-order chi connectivity index (χ0) is 26.4. The van der Waals surface area contributed by atoms with Gasteiger partial charge >= 0.3 is 5.97 Å². The molecule has 35 heavy (non-hydrogen) atoms. The third-order valence-corrected chi connectivity index (χ3v) is 4.53. The van der Waals surface area contributed by atoms with Crippen LogP contribution in [0.3, 0.4) is 0 Å². The first kappa shape index (κ1) is 29.4. The van der Waals surface area contributed by atoms with Gasteiger partial charge in [0.1, 0.15) is 6.04 Å². The molecule has 0 amide bonds. The zero-order valence-electron chi connectivity index (χ0n) is 19.3. The molecule has 2 atom stereocenters. The van der Waals surface area contributed by atoms with Gasteiger partial charge in [-0.1, -0.05) is 19.1 Å². The van der Waals surface area contributed by atoms with Gasteiger partial charge in [0.15, 0.2) is 23.0 Å². The minimum atomic E-state index is -1.29. The number of hydrogen-bond acceptors (Lipinski definition) is 12. The quantitative estimate of drug-likeness (QED) is 0.0770. The van der Waals surface area contributed by atoms with E-state index in [0.29, 0.717) is 24.2 Å². The van der Waals surface area contributed by atoms with E-state index in [9.17, 15) is 30.0 Å². The van der Waals surface area contributed by atoms with Gasteiger partial charge in [-0.25, -0.2) is 5.43 Å². The molecule has 194 valence electrons. The lowest BCUT2D eigenvalue weighted by atomic mass is 10.1. The SMILES string of the molecule is CCCOC(=O)C(Cc1ccc(O)c(O)c1)NN[NH3+].[NH3+]NNC(Cc1ccc(O)c(O)c1)C(=O)[O-]. The van der Waals surface area contributed by atoms with Crippen molar-refractivity contribution in [2.75, 3.05) is 6.61 Å². The highest BCUT2D eigenvalue weighted by Gasteiger charge is 2.20. The normalized spacial score (nSPS) is 12.2. The first-order valence-corrected chi connectivity index (χ1v) is 10.6. The van der Waals surface area contributed by atoms with Gasteiger partial charge in [-0.05, 0) is 48.2 Å². The fraction of sp³-hybridized carbons (Fsp3) is 0.333. The second-order valence-electron chi connectivity index (χ2n) is 7.29. The van der Waals surface area contributed by atoms with E-state index >= 15 is 0 Å². The Bertz CT molecular complexity index is 961. The summed E-state index contributed by atoms with van der Waals surface area (Å²) in [4.78, 5) is 22.5. The monoisotopic (exact) mass is 497 g/mol. The molecule has 0 fully saturated rings. The predicted molar refractivity (Wildman–Crippen MR) is 119 cm³/mol. The Hall–Kier alpha value is -3.66. The molecule has 0 aliphatic heterocycles. The molecule has 2 aromatic carbocycles. The number of hydrazine groups is 2. The molecule has 2 rings (SSSR count). The van der Waals surface area contributed by atoms with Crippen LogP contribution in [0, 0.1) is 0 Å². The van der Waals surface area contributed by atoms with Gasteiger partial charge < -0.3 is 35.1 Å². The number of hydrogen-bond donors (Lipinski definition) is 10. The number of esters is 1. The maximum Gasteiger partial charge on any atom is 0.325 e. The van der Waals surface area contributed by atoms with Crippen molar-refractivity contribution in [2.24, 2.45) is 0 Å². The van der Waals surface area contributed by atoms with Crippen molar-refractivity contribution in [3.05, 3.63) is 47.5 Å². The summed E-state index contributed by atoms with van der Waals surface area (Å²) in [6, 6.07) is 6.89. The molecule has 0 heterocycles. The van der Waals surface area contributed by atoms with Crippen LogP contribution < -0.4 is 38.7 Å². The van der Waals surface area contributed by atoms with E-state index in [1.54, 1.807) is 6.07 Å². The smallest absolute Gasteiger partial charge is 0.325 e. The third kappa shape index (κ3) is 10.4. The molecule has 0 bridgehead atoms. The lowest BCUT2D eigenvalue weighted by Crippen LogP contribution is -2.73. The molecule has 14 heteroatoms. The van der Waals surface area contributed by atoms with E-state index in [2.05, 4.69) is 33.6 Å². The van der Waals surface area contributed by atoms with E-state index in [4.69, 9.17) is 9.84 Å². The van der Waals surface area contributed by atoms with Gasteiger partial charge in [0.05, 0.1) is 18.6 Å². The Labute approximate surface area is 201 Å². The highest BCUT2D eigenvalue weighted by molar-refractivity contribution is 5.76. The van der Waals surface area contributed by atoms with Gasteiger partial charge in [0.25, 0.3) is 0 Å².